The van der Waals surface area contributed by atoms with Crippen molar-refractivity contribution in [3.63, 3.8) is 0 Å². The van der Waals surface area contributed by atoms with Crippen molar-refractivity contribution in [2.45, 2.75) is 26.7 Å². The van der Waals surface area contributed by atoms with Gasteiger partial charge in [-0.05, 0) is 49.3 Å². The van der Waals surface area contributed by atoms with E-state index in [9.17, 15) is 9.90 Å². The number of rotatable bonds is 7. The highest BCUT2D eigenvalue weighted by atomic mass is 16.7. The van der Waals surface area contributed by atoms with E-state index in [1.807, 2.05) is 36.4 Å². The van der Waals surface area contributed by atoms with E-state index >= 15 is 0 Å². The van der Waals surface area contributed by atoms with Crippen LogP contribution < -0.4 is 9.47 Å². The van der Waals surface area contributed by atoms with Crippen LogP contribution in [0.15, 0.2) is 78.9 Å². The minimum atomic E-state index is -1.34. The Labute approximate surface area is 203 Å². The lowest BCUT2D eigenvalue weighted by molar-refractivity contribution is 0.142. The molecule has 0 saturated carbocycles. The maximum atomic E-state index is 11.4. The molecule has 1 heterocycles. The number of aromatic amines is 1. The zero-order valence-corrected chi connectivity index (χ0v) is 19.8. The van der Waals surface area contributed by atoms with Crippen LogP contribution in [-0.2, 0) is 6.42 Å². The van der Waals surface area contributed by atoms with Gasteiger partial charge in [-0.25, -0.2) is 4.79 Å². The summed E-state index contributed by atoms with van der Waals surface area (Å²) in [4.78, 5) is 14.7. The van der Waals surface area contributed by atoms with Gasteiger partial charge in [0.15, 0.2) is 0 Å². The number of hydrogen-bond donors (Lipinski definition) is 2. The molecule has 0 aliphatic carbocycles. The SMILES string of the molecule is Cc1ccc(C)c(-c2cccc3c(CCCOc4cccc5ccccc45)c(OC(=O)O)[nH]c23)c1. The van der Waals surface area contributed by atoms with Crippen molar-refractivity contribution in [2.24, 2.45) is 0 Å². The Balaban J connectivity index is 1.43. The standard InChI is InChI=1S/C30H27NO4/c1-19-15-16-20(2)26(18-19)24-12-6-11-23-25(29(31-28(23)24)35-30(32)33)13-7-17-34-27-14-5-9-21-8-3-4-10-22(21)27/h3-6,8-12,14-16,18,31H,7,13,17H2,1-2H3,(H,32,33). The summed E-state index contributed by atoms with van der Waals surface area (Å²) in [5.74, 6) is 1.12. The molecule has 0 unspecified atom stereocenters. The van der Waals surface area contributed by atoms with Gasteiger partial charge in [-0.3, -0.25) is 0 Å². The van der Waals surface area contributed by atoms with Gasteiger partial charge in [-0.15, -0.1) is 0 Å². The molecule has 0 aliphatic rings. The maximum absolute atomic E-state index is 11.4. The van der Waals surface area contributed by atoms with Gasteiger partial charge < -0.3 is 19.6 Å². The van der Waals surface area contributed by atoms with Gasteiger partial charge in [0.25, 0.3) is 0 Å². The predicted molar refractivity (Wildman–Crippen MR) is 140 cm³/mol. The number of H-pyrrole nitrogens is 1. The Bertz CT molecular complexity index is 1530. The van der Waals surface area contributed by atoms with E-state index in [0.717, 1.165) is 49.7 Å². The van der Waals surface area contributed by atoms with Crippen LogP contribution in [0.25, 0.3) is 32.8 Å². The quantitative estimate of drug-likeness (QED) is 0.191. The number of ether oxygens (including phenoxy) is 2. The molecule has 5 heteroatoms. The maximum Gasteiger partial charge on any atom is 0.512 e. The van der Waals surface area contributed by atoms with Crippen LogP contribution in [0, 0.1) is 13.8 Å². The summed E-state index contributed by atoms with van der Waals surface area (Å²) < 4.78 is 11.3. The molecule has 0 aliphatic heterocycles. The van der Waals surface area contributed by atoms with Crippen molar-refractivity contribution < 1.29 is 19.4 Å². The zero-order valence-electron chi connectivity index (χ0n) is 19.8. The van der Waals surface area contributed by atoms with Crippen LogP contribution in [0.2, 0.25) is 0 Å². The molecule has 4 aromatic carbocycles. The summed E-state index contributed by atoms with van der Waals surface area (Å²) in [6, 6.07) is 26.6. The van der Waals surface area contributed by atoms with Crippen molar-refractivity contribution in [1.29, 1.82) is 0 Å². The molecule has 0 bridgehead atoms. The Morgan fingerprint density at radius 1 is 0.886 bits per heavy atom. The lowest BCUT2D eigenvalue weighted by atomic mass is 9.96. The summed E-state index contributed by atoms with van der Waals surface area (Å²) in [6.07, 6.45) is -0.0122. The highest BCUT2D eigenvalue weighted by molar-refractivity contribution is 5.98. The van der Waals surface area contributed by atoms with Gasteiger partial charge in [0.05, 0.1) is 12.1 Å². The van der Waals surface area contributed by atoms with Crippen LogP contribution in [0.1, 0.15) is 23.1 Å². The molecule has 0 spiro atoms. The number of para-hydroxylation sites is 1. The summed E-state index contributed by atoms with van der Waals surface area (Å²) in [6.45, 7) is 4.65. The van der Waals surface area contributed by atoms with E-state index in [4.69, 9.17) is 9.47 Å². The minimum Gasteiger partial charge on any atom is -0.493 e. The summed E-state index contributed by atoms with van der Waals surface area (Å²) in [7, 11) is 0. The third kappa shape index (κ3) is 4.58. The number of carbonyl (C=O) groups is 1. The van der Waals surface area contributed by atoms with Gasteiger partial charge >= 0.3 is 6.16 Å². The molecule has 0 radical (unpaired) electrons. The van der Waals surface area contributed by atoms with Crippen molar-refractivity contribution >= 4 is 27.8 Å². The molecule has 5 nitrogen and oxygen atoms in total. The Hall–Kier alpha value is -4.25. The summed E-state index contributed by atoms with van der Waals surface area (Å²) >= 11 is 0. The van der Waals surface area contributed by atoms with Crippen LogP contribution in [-0.4, -0.2) is 22.9 Å². The number of benzene rings is 4. The fourth-order valence-corrected chi connectivity index (χ4v) is 4.68. The Morgan fingerprint density at radius 3 is 2.51 bits per heavy atom. The summed E-state index contributed by atoms with van der Waals surface area (Å²) in [5.41, 5.74) is 6.19. The molecule has 1 aromatic heterocycles. The molecule has 5 aromatic rings. The molecule has 5 rings (SSSR count). The third-order valence-corrected chi connectivity index (χ3v) is 6.35. The first-order chi connectivity index (χ1) is 17.0. The normalized spacial score (nSPS) is 11.1. The summed E-state index contributed by atoms with van der Waals surface area (Å²) in [5, 5.41) is 12.5. The number of hydrogen-bond acceptors (Lipinski definition) is 3. The first kappa shape index (κ1) is 22.5. The van der Waals surface area contributed by atoms with E-state index in [1.54, 1.807) is 0 Å². The van der Waals surface area contributed by atoms with E-state index in [-0.39, 0.29) is 5.88 Å². The topological polar surface area (TPSA) is 71.6 Å². The van der Waals surface area contributed by atoms with Gasteiger partial charge in [-0.1, -0.05) is 78.4 Å². The van der Waals surface area contributed by atoms with Crippen LogP contribution in [0.3, 0.4) is 0 Å². The van der Waals surface area contributed by atoms with Crippen molar-refractivity contribution in [1.82, 2.24) is 4.98 Å². The number of carboxylic acid groups (broad SMARTS) is 1. The fourth-order valence-electron chi connectivity index (χ4n) is 4.68. The van der Waals surface area contributed by atoms with Crippen molar-refractivity contribution in [3.8, 4) is 22.8 Å². The molecular formula is C30H27NO4. The Kier molecular flexibility index (Phi) is 6.15. The van der Waals surface area contributed by atoms with Crippen molar-refractivity contribution in [3.05, 3.63) is 95.6 Å². The first-order valence-electron chi connectivity index (χ1n) is 11.7. The largest absolute Gasteiger partial charge is 0.512 e. The van der Waals surface area contributed by atoms with Crippen molar-refractivity contribution in [2.75, 3.05) is 6.61 Å². The van der Waals surface area contributed by atoms with Gasteiger partial charge in [0, 0.05) is 21.9 Å². The van der Waals surface area contributed by atoms with Crippen LogP contribution >= 0.6 is 0 Å². The van der Waals surface area contributed by atoms with E-state index in [2.05, 4.69) is 61.3 Å². The molecule has 0 atom stereocenters. The minimum absolute atomic E-state index is 0.274. The second-order valence-corrected chi connectivity index (χ2v) is 8.78. The average Bonchev–Trinajstić information content (AvgIpc) is 3.20. The van der Waals surface area contributed by atoms with E-state index in [1.165, 1.54) is 5.56 Å². The lowest BCUT2D eigenvalue weighted by Gasteiger charge is -2.10. The molecule has 0 fully saturated rings. The van der Waals surface area contributed by atoms with Gasteiger partial charge in [0.1, 0.15) is 5.75 Å². The Morgan fingerprint density at radius 2 is 1.66 bits per heavy atom. The molecule has 0 amide bonds. The third-order valence-electron chi connectivity index (χ3n) is 6.35. The van der Waals surface area contributed by atoms with E-state index in [0.29, 0.717) is 19.4 Å². The number of aromatic nitrogens is 1. The molecule has 0 saturated heterocycles. The molecule has 2 N–H and O–H groups in total. The highest BCUT2D eigenvalue weighted by Gasteiger charge is 2.18. The molecule has 176 valence electrons. The molecule has 35 heavy (non-hydrogen) atoms. The second kappa shape index (κ2) is 9.55. The second-order valence-electron chi connectivity index (χ2n) is 8.78. The van der Waals surface area contributed by atoms with Gasteiger partial charge in [-0.2, -0.15) is 0 Å². The monoisotopic (exact) mass is 465 g/mol. The fraction of sp³-hybridized carbons (Fsp3) is 0.167. The number of aryl methyl sites for hydroxylation is 3. The predicted octanol–water partition coefficient (Wildman–Crippen LogP) is 7.67. The smallest absolute Gasteiger partial charge is 0.493 e. The highest BCUT2D eigenvalue weighted by Crippen LogP contribution is 2.37. The average molecular weight is 466 g/mol. The number of fused-ring (bicyclic) bond motifs is 2. The molecular weight excluding hydrogens is 438 g/mol. The lowest BCUT2D eigenvalue weighted by Crippen LogP contribution is -2.06. The van der Waals surface area contributed by atoms with Crippen LogP contribution in [0.4, 0.5) is 4.79 Å². The van der Waals surface area contributed by atoms with Crippen LogP contribution in [0.5, 0.6) is 11.6 Å². The van der Waals surface area contributed by atoms with E-state index < -0.39 is 6.16 Å². The first-order valence-corrected chi connectivity index (χ1v) is 11.7. The van der Waals surface area contributed by atoms with Gasteiger partial charge in [0.2, 0.25) is 5.88 Å². The number of nitrogens with one attached hydrogen (secondary N) is 1. The zero-order chi connectivity index (χ0) is 24.4.